The number of unbranched alkanes of at least 4 members (excludes halogenated alkanes) is 1. The van der Waals surface area contributed by atoms with Gasteiger partial charge in [-0.05, 0) is 19.0 Å². The highest BCUT2D eigenvalue weighted by Gasteiger charge is 2.42. The average Bonchev–Trinajstić information content (AvgIpc) is 2.46. The van der Waals surface area contributed by atoms with E-state index >= 15 is 0 Å². The Morgan fingerprint density at radius 2 is 2.14 bits per heavy atom. The molecule has 1 heterocycles. The zero-order valence-electron chi connectivity index (χ0n) is 11.8. The third kappa shape index (κ3) is 4.65. The maximum atomic E-state index is 11.0. The maximum Gasteiger partial charge on any atom is 0.370 e. The molecule has 122 valence electrons. The van der Waals surface area contributed by atoms with Crippen LogP contribution in [-0.4, -0.2) is 75.1 Å². The lowest BCUT2D eigenvalue weighted by molar-refractivity contribution is -0.148. The molecule has 0 amide bonds. The molecule has 1 unspecified atom stereocenters. The Hall–Kier alpha value is -1.19. The summed E-state index contributed by atoms with van der Waals surface area (Å²) in [5, 5.41) is 50.3. The van der Waals surface area contributed by atoms with Crippen molar-refractivity contribution in [3.05, 3.63) is 11.8 Å². The van der Waals surface area contributed by atoms with E-state index in [9.17, 15) is 20.1 Å². The normalized spacial score (nSPS) is 28.4. The fourth-order valence-electron chi connectivity index (χ4n) is 2.13. The smallest absolute Gasteiger partial charge is 0.370 e. The predicted octanol–water partition coefficient (Wildman–Crippen LogP) is -1.81. The molecular weight excluding hydrogens is 282 g/mol. The Labute approximate surface area is 122 Å². The molecule has 0 aromatic carbocycles. The molecule has 0 spiro atoms. The molecule has 8 nitrogen and oxygen atoms in total. The topological polar surface area (TPSA) is 139 Å². The van der Waals surface area contributed by atoms with Gasteiger partial charge in [-0.2, -0.15) is 0 Å². The van der Waals surface area contributed by atoms with Gasteiger partial charge in [0.15, 0.2) is 0 Å². The minimum Gasteiger partial charge on any atom is -0.479 e. The van der Waals surface area contributed by atoms with E-state index < -0.39 is 48.8 Å². The lowest BCUT2D eigenvalue weighted by Crippen LogP contribution is -2.59. The Morgan fingerprint density at radius 3 is 2.67 bits per heavy atom. The summed E-state index contributed by atoms with van der Waals surface area (Å²) in [6, 6.07) is -0.782. The van der Waals surface area contributed by atoms with Gasteiger partial charge in [0.1, 0.15) is 18.3 Å². The van der Waals surface area contributed by atoms with E-state index in [4.69, 9.17) is 14.9 Å². The molecular formula is C13H23NO7. The first-order valence-corrected chi connectivity index (χ1v) is 6.92. The molecule has 0 fully saturated rings. The summed E-state index contributed by atoms with van der Waals surface area (Å²) in [5.41, 5.74) is 0. The molecule has 8 heteroatoms. The fourth-order valence-corrected chi connectivity index (χ4v) is 2.13. The van der Waals surface area contributed by atoms with Gasteiger partial charge in [0.05, 0.1) is 18.8 Å². The van der Waals surface area contributed by atoms with Crippen molar-refractivity contribution >= 4 is 5.97 Å². The van der Waals surface area contributed by atoms with Gasteiger partial charge in [0, 0.05) is 0 Å². The Morgan fingerprint density at radius 1 is 1.48 bits per heavy atom. The van der Waals surface area contributed by atoms with Crippen molar-refractivity contribution in [2.45, 2.75) is 50.2 Å². The summed E-state index contributed by atoms with van der Waals surface area (Å²) in [6.45, 7) is 1.82. The van der Waals surface area contributed by atoms with Crippen LogP contribution in [0, 0.1) is 0 Å². The van der Waals surface area contributed by atoms with E-state index in [1.807, 2.05) is 6.92 Å². The largest absolute Gasteiger partial charge is 0.479 e. The van der Waals surface area contributed by atoms with Gasteiger partial charge < -0.3 is 35.6 Å². The first-order chi connectivity index (χ1) is 9.92. The third-order valence-electron chi connectivity index (χ3n) is 3.35. The number of ether oxygens (including phenoxy) is 1. The van der Waals surface area contributed by atoms with Crippen LogP contribution >= 0.6 is 0 Å². The van der Waals surface area contributed by atoms with Crippen molar-refractivity contribution in [2.75, 3.05) is 13.2 Å². The number of carbonyl (C=O) groups is 1. The quantitative estimate of drug-likeness (QED) is 0.288. The van der Waals surface area contributed by atoms with Gasteiger partial charge in [-0.1, -0.05) is 13.3 Å². The number of nitrogens with one attached hydrogen (secondary N) is 1. The van der Waals surface area contributed by atoms with Gasteiger partial charge in [0.25, 0.3) is 0 Å². The first-order valence-electron chi connectivity index (χ1n) is 6.92. The van der Waals surface area contributed by atoms with Crippen molar-refractivity contribution < 1.29 is 35.1 Å². The number of rotatable bonds is 8. The van der Waals surface area contributed by atoms with Crippen molar-refractivity contribution in [1.29, 1.82) is 0 Å². The summed E-state index contributed by atoms with van der Waals surface area (Å²) in [5.74, 6) is -1.87. The number of aliphatic hydroxyl groups is 4. The monoisotopic (exact) mass is 305 g/mol. The van der Waals surface area contributed by atoms with Crippen LogP contribution in [0.2, 0.25) is 0 Å². The molecule has 0 aromatic rings. The molecule has 5 atom stereocenters. The van der Waals surface area contributed by atoms with Crippen LogP contribution in [0.25, 0.3) is 0 Å². The second kappa shape index (κ2) is 8.30. The molecule has 0 aliphatic carbocycles. The number of hydrogen-bond donors (Lipinski definition) is 6. The number of aliphatic carboxylic acids is 1. The van der Waals surface area contributed by atoms with E-state index in [0.717, 1.165) is 18.9 Å². The minimum absolute atomic E-state index is 0.495. The molecule has 21 heavy (non-hydrogen) atoms. The van der Waals surface area contributed by atoms with Crippen LogP contribution in [0.1, 0.15) is 19.8 Å². The Kier molecular flexibility index (Phi) is 7.06. The minimum atomic E-state index is -1.54. The van der Waals surface area contributed by atoms with Crippen molar-refractivity contribution in [3.8, 4) is 0 Å². The number of aliphatic hydroxyl groups excluding tert-OH is 4. The maximum absolute atomic E-state index is 11.0. The zero-order chi connectivity index (χ0) is 16.0. The van der Waals surface area contributed by atoms with Crippen LogP contribution in [-0.2, 0) is 9.53 Å². The summed E-state index contributed by atoms with van der Waals surface area (Å²) in [4.78, 5) is 11.0. The molecule has 0 aromatic heterocycles. The Balaban J connectivity index is 2.90. The van der Waals surface area contributed by atoms with Crippen LogP contribution in [0.3, 0.4) is 0 Å². The van der Waals surface area contributed by atoms with E-state index in [-0.39, 0.29) is 0 Å². The Bertz CT molecular complexity index is 374. The summed E-state index contributed by atoms with van der Waals surface area (Å²) >= 11 is 0. The van der Waals surface area contributed by atoms with Crippen molar-refractivity contribution in [3.63, 3.8) is 0 Å². The molecule has 0 saturated heterocycles. The number of hydrogen-bond acceptors (Lipinski definition) is 7. The molecule has 0 saturated carbocycles. The van der Waals surface area contributed by atoms with E-state index in [1.54, 1.807) is 0 Å². The summed E-state index contributed by atoms with van der Waals surface area (Å²) in [6.07, 6.45) is -2.62. The van der Waals surface area contributed by atoms with Crippen LogP contribution in [0.15, 0.2) is 11.8 Å². The lowest BCUT2D eigenvalue weighted by Gasteiger charge is -2.38. The molecule has 6 N–H and O–H groups in total. The average molecular weight is 305 g/mol. The fraction of sp³-hybridized carbons (Fsp3) is 0.769. The predicted molar refractivity (Wildman–Crippen MR) is 72.4 cm³/mol. The lowest BCUT2D eigenvalue weighted by atomic mass is 9.93. The third-order valence-corrected chi connectivity index (χ3v) is 3.35. The second-order valence-corrected chi connectivity index (χ2v) is 4.98. The second-order valence-electron chi connectivity index (χ2n) is 4.98. The van der Waals surface area contributed by atoms with E-state index in [1.165, 1.54) is 0 Å². The molecule has 1 rings (SSSR count). The zero-order valence-corrected chi connectivity index (χ0v) is 11.8. The van der Waals surface area contributed by atoms with Gasteiger partial charge in [-0.25, -0.2) is 4.79 Å². The van der Waals surface area contributed by atoms with Gasteiger partial charge in [-0.3, -0.25) is 0 Å². The van der Waals surface area contributed by atoms with E-state index in [0.29, 0.717) is 6.54 Å². The molecule has 1 aliphatic heterocycles. The molecule has 1 aliphatic rings. The van der Waals surface area contributed by atoms with Crippen molar-refractivity contribution in [2.24, 2.45) is 0 Å². The van der Waals surface area contributed by atoms with Crippen LogP contribution in [0.4, 0.5) is 0 Å². The standard InChI is InChI=1S/C13H23NO7/c1-2-3-4-14-10-7(16)5-9(13(19)20)21-12(10)11(18)8(17)6-15/h5,7-8,10-12,14-18H,2-4,6H2,1H3,(H,19,20)/t7-,8?,10+,11+,12+/m0/s1. The highest BCUT2D eigenvalue weighted by atomic mass is 16.5. The molecule has 0 radical (unpaired) electrons. The van der Waals surface area contributed by atoms with E-state index in [2.05, 4.69) is 5.32 Å². The van der Waals surface area contributed by atoms with Gasteiger partial charge in [-0.15, -0.1) is 0 Å². The highest BCUT2D eigenvalue weighted by molar-refractivity contribution is 5.84. The molecule has 0 bridgehead atoms. The summed E-state index contributed by atoms with van der Waals surface area (Å²) < 4.78 is 5.16. The van der Waals surface area contributed by atoms with Gasteiger partial charge in [0.2, 0.25) is 5.76 Å². The van der Waals surface area contributed by atoms with Gasteiger partial charge >= 0.3 is 5.97 Å². The number of carboxylic acid groups (broad SMARTS) is 1. The SMILES string of the molecule is CCCCN[C@H]1[C@H]([C@H](O)C(O)CO)OC(C(=O)O)=C[C@@H]1O. The van der Waals surface area contributed by atoms with Crippen LogP contribution in [0.5, 0.6) is 0 Å². The first kappa shape index (κ1) is 17.9. The highest BCUT2D eigenvalue weighted by Crippen LogP contribution is 2.22. The van der Waals surface area contributed by atoms with Crippen molar-refractivity contribution in [1.82, 2.24) is 5.32 Å². The van der Waals surface area contributed by atoms with Crippen LogP contribution < -0.4 is 5.32 Å². The number of carboxylic acids is 1. The summed E-state index contributed by atoms with van der Waals surface area (Å²) in [7, 11) is 0.